The average Bonchev–Trinajstić information content (AvgIpc) is 2.96. The van der Waals surface area contributed by atoms with E-state index in [1.165, 1.54) is 12.1 Å². The van der Waals surface area contributed by atoms with E-state index in [2.05, 4.69) is 25.2 Å². The Bertz CT molecular complexity index is 654. The minimum atomic E-state index is -0.315. The maximum atomic E-state index is 13.3. The van der Waals surface area contributed by atoms with Crippen LogP contribution in [0, 0.1) is 12.7 Å². The Kier molecular flexibility index (Phi) is 3.55. The molecule has 1 aliphatic heterocycles. The first kappa shape index (κ1) is 13.5. The molecule has 2 heterocycles. The summed E-state index contributed by atoms with van der Waals surface area (Å²) in [6.07, 6.45) is 2.24. The smallest absolute Gasteiger partial charge is 0.233 e. The molecule has 1 aromatic heterocycles. The van der Waals surface area contributed by atoms with Gasteiger partial charge >= 0.3 is 0 Å². The van der Waals surface area contributed by atoms with Crippen molar-refractivity contribution in [1.82, 2.24) is 15.0 Å². The molecule has 6 nitrogen and oxygen atoms in total. The lowest BCUT2D eigenvalue weighted by molar-refractivity contribution is 0.628. The normalized spacial score (nSPS) is 14.5. The molecule has 0 amide bonds. The van der Waals surface area contributed by atoms with E-state index in [4.69, 9.17) is 5.73 Å². The number of nitrogen functional groups attached to an aromatic ring is 1. The van der Waals surface area contributed by atoms with Gasteiger partial charge in [0.2, 0.25) is 17.8 Å². The number of nitrogens with one attached hydrogen (secondary N) is 1. The quantitative estimate of drug-likeness (QED) is 0.901. The molecule has 21 heavy (non-hydrogen) atoms. The van der Waals surface area contributed by atoms with Gasteiger partial charge in [-0.2, -0.15) is 15.0 Å². The van der Waals surface area contributed by atoms with E-state index in [-0.39, 0.29) is 11.8 Å². The fourth-order valence-electron chi connectivity index (χ4n) is 2.34. The molecule has 7 heteroatoms. The van der Waals surface area contributed by atoms with E-state index in [0.29, 0.717) is 17.6 Å². The first-order valence-electron chi connectivity index (χ1n) is 6.91. The van der Waals surface area contributed by atoms with Gasteiger partial charge in [0, 0.05) is 18.8 Å². The van der Waals surface area contributed by atoms with E-state index in [0.717, 1.165) is 31.5 Å². The van der Waals surface area contributed by atoms with Gasteiger partial charge < -0.3 is 16.0 Å². The summed E-state index contributed by atoms with van der Waals surface area (Å²) in [6.45, 7) is 3.72. The second-order valence-electron chi connectivity index (χ2n) is 5.10. The van der Waals surface area contributed by atoms with Crippen molar-refractivity contribution in [1.29, 1.82) is 0 Å². The Labute approximate surface area is 122 Å². The van der Waals surface area contributed by atoms with Crippen molar-refractivity contribution < 1.29 is 4.39 Å². The van der Waals surface area contributed by atoms with Crippen molar-refractivity contribution in [3.63, 3.8) is 0 Å². The zero-order chi connectivity index (χ0) is 14.8. The second-order valence-corrected chi connectivity index (χ2v) is 5.10. The van der Waals surface area contributed by atoms with Gasteiger partial charge in [0.25, 0.3) is 0 Å². The number of halogens is 1. The molecule has 3 rings (SSSR count). The highest BCUT2D eigenvalue weighted by Gasteiger charge is 2.17. The number of aryl methyl sites for hydroxylation is 1. The molecule has 0 radical (unpaired) electrons. The molecule has 1 aromatic carbocycles. The highest BCUT2D eigenvalue weighted by atomic mass is 19.1. The number of nitrogens with zero attached hydrogens (tertiary/aromatic N) is 4. The molecule has 1 fully saturated rings. The van der Waals surface area contributed by atoms with E-state index < -0.39 is 0 Å². The summed E-state index contributed by atoms with van der Waals surface area (Å²) in [5.74, 6) is 0.739. The van der Waals surface area contributed by atoms with Gasteiger partial charge in [-0.1, -0.05) is 6.07 Å². The van der Waals surface area contributed by atoms with E-state index in [9.17, 15) is 4.39 Å². The molecule has 0 aliphatic carbocycles. The van der Waals surface area contributed by atoms with E-state index >= 15 is 0 Å². The van der Waals surface area contributed by atoms with Crippen LogP contribution in [0.25, 0.3) is 0 Å². The predicted octanol–water partition coefficient (Wildman–Crippen LogP) is 2.25. The molecule has 2 aromatic rings. The molecule has 1 saturated heterocycles. The maximum absolute atomic E-state index is 13.3. The first-order chi connectivity index (χ1) is 10.1. The third-order valence-electron chi connectivity index (χ3n) is 3.48. The fourth-order valence-corrected chi connectivity index (χ4v) is 2.34. The Balaban J connectivity index is 1.89. The monoisotopic (exact) mass is 288 g/mol. The molecule has 110 valence electrons. The van der Waals surface area contributed by atoms with Crippen LogP contribution < -0.4 is 16.0 Å². The van der Waals surface area contributed by atoms with Crippen molar-refractivity contribution in [2.45, 2.75) is 19.8 Å². The van der Waals surface area contributed by atoms with Gasteiger partial charge in [0.1, 0.15) is 5.82 Å². The minimum absolute atomic E-state index is 0.156. The average molecular weight is 288 g/mol. The SMILES string of the molecule is Cc1ccc(F)cc1Nc1nc(N)nc(N2CCCC2)n1. The van der Waals surface area contributed by atoms with Crippen LogP contribution in [-0.2, 0) is 0 Å². The Morgan fingerprint density at radius 1 is 1.19 bits per heavy atom. The van der Waals surface area contributed by atoms with E-state index in [1.54, 1.807) is 6.07 Å². The van der Waals surface area contributed by atoms with Crippen molar-refractivity contribution >= 4 is 23.5 Å². The second kappa shape index (κ2) is 5.51. The fraction of sp³-hybridized carbons (Fsp3) is 0.357. The van der Waals surface area contributed by atoms with Gasteiger partial charge in [-0.3, -0.25) is 0 Å². The summed E-state index contributed by atoms with van der Waals surface area (Å²) < 4.78 is 13.3. The van der Waals surface area contributed by atoms with Gasteiger partial charge in [-0.05, 0) is 37.5 Å². The Hall–Kier alpha value is -2.44. The lowest BCUT2D eigenvalue weighted by Gasteiger charge is -2.16. The predicted molar refractivity (Wildman–Crippen MR) is 80.1 cm³/mol. The molecule has 0 unspecified atom stereocenters. The largest absolute Gasteiger partial charge is 0.368 e. The molecular weight excluding hydrogens is 271 g/mol. The van der Waals surface area contributed by atoms with Gasteiger partial charge in [0.15, 0.2) is 0 Å². The summed E-state index contributed by atoms with van der Waals surface area (Å²) in [5.41, 5.74) is 7.27. The standard InChI is InChI=1S/C14H17FN6/c1-9-4-5-10(15)8-11(9)17-13-18-12(16)19-14(20-13)21-6-2-3-7-21/h4-5,8H,2-3,6-7H2,1H3,(H3,16,17,18,19,20). The van der Waals surface area contributed by atoms with Crippen LogP contribution in [0.3, 0.4) is 0 Å². The van der Waals surface area contributed by atoms with Gasteiger partial charge in [-0.15, -0.1) is 0 Å². The molecule has 0 saturated carbocycles. The van der Waals surface area contributed by atoms with Crippen LogP contribution in [-0.4, -0.2) is 28.0 Å². The maximum Gasteiger partial charge on any atom is 0.233 e. The number of benzene rings is 1. The zero-order valence-electron chi connectivity index (χ0n) is 11.8. The topological polar surface area (TPSA) is 80.0 Å². The van der Waals surface area contributed by atoms with Crippen LogP contribution in [0.5, 0.6) is 0 Å². The number of rotatable bonds is 3. The van der Waals surface area contributed by atoms with Crippen LogP contribution in [0.2, 0.25) is 0 Å². The third kappa shape index (κ3) is 3.01. The van der Waals surface area contributed by atoms with Gasteiger partial charge in [0.05, 0.1) is 0 Å². The summed E-state index contributed by atoms with van der Waals surface area (Å²) >= 11 is 0. The number of hydrogen-bond acceptors (Lipinski definition) is 6. The van der Waals surface area contributed by atoms with Crippen molar-refractivity contribution in [3.05, 3.63) is 29.6 Å². The summed E-state index contributed by atoms with van der Waals surface area (Å²) in [5, 5.41) is 3.01. The number of nitrogens with two attached hydrogens (primary N) is 1. The highest BCUT2D eigenvalue weighted by molar-refractivity contribution is 5.59. The van der Waals surface area contributed by atoms with Gasteiger partial charge in [-0.25, -0.2) is 4.39 Å². The first-order valence-corrected chi connectivity index (χ1v) is 6.91. The van der Waals surface area contributed by atoms with Crippen LogP contribution in [0.4, 0.5) is 27.9 Å². The molecule has 0 bridgehead atoms. The van der Waals surface area contributed by atoms with Crippen LogP contribution in [0.15, 0.2) is 18.2 Å². The highest BCUT2D eigenvalue weighted by Crippen LogP contribution is 2.22. The lowest BCUT2D eigenvalue weighted by Crippen LogP contribution is -2.22. The summed E-state index contributed by atoms with van der Waals surface area (Å²) in [4.78, 5) is 14.7. The molecule has 1 aliphatic rings. The molecule has 3 N–H and O–H groups in total. The lowest BCUT2D eigenvalue weighted by atomic mass is 10.2. The van der Waals surface area contributed by atoms with Crippen molar-refractivity contribution in [2.75, 3.05) is 29.0 Å². The molecule has 0 atom stereocenters. The summed E-state index contributed by atoms with van der Waals surface area (Å²) in [6, 6.07) is 4.52. The number of aromatic nitrogens is 3. The van der Waals surface area contributed by atoms with Crippen molar-refractivity contribution in [3.8, 4) is 0 Å². The van der Waals surface area contributed by atoms with Crippen molar-refractivity contribution in [2.24, 2.45) is 0 Å². The van der Waals surface area contributed by atoms with Crippen LogP contribution in [0.1, 0.15) is 18.4 Å². The Morgan fingerprint density at radius 3 is 2.71 bits per heavy atom. The minimum Gasteiger partial charge on any atom is -0.368 e. The molecular formula is C14H17FN6. The number of hydrogen-bond donors (Lipinski definition) is 2. The van der Waals surface area contributed by atoms with E-state index in [1.807, 2.05) is 6.92 Å². The number of anilines is 4. The van der Waals surface area contributed by atoms with Crippen LogP contribution >= 0.6 is 0 Å². The summed E-state index contributed by atoms with van der Waals surface area (Å²) in [7, 11) is 0. The molecule has 0 spiro atoms. The Morgan fingerprint density at radius 2 is 1.95 bits per heavy atom. The zero-order valence-corrected chi connectivity index (χ0v) is 11.8. The third-order valence-corrected chi connectivity index (χ3v) is 3.48.